The fraction of sp³-hybridized carbons (Fsp3) is 0.357. The Balaban J connectivity index is 1.59. The molecule has 0 aliphatic carbocycles. The monoisotopic (exact) mass is 484 g/mol. The Morgan fingerprint density at radius 1 is 0.629 bits per heavy atom. The standard InChI is InChI=1S/C28H30F2O5/c1-31-28-26(34-19-22-15-9-4-10-16-22)24(33-18-21-13-7-3-8-14-21)23(25(35-28)27(29)30)32-17-20-11-5-2-6-12-20/h2-16,23-28H,17-19H2,1H3/t23-,24-,25-,26-,28-/m0/s1. The molecule has 5 atom stereocenters. The number of ether oxygens (including phenoxy) is 5. The van der Waals surface area contributed by atoms with E-state index in [9.17, 15) is 8.78 Å². The minimum Gasteiger partial charge on any atom is -0.368 e. The zero-order valence-corrected chi connectivity index (χ0v) is 19.5. The van der Waals surface area contributed by atoms with Crippen LogP contribution in [0, 0.1) is 0 Å². The van der Waals surface area contributed by atoms with Crippen LogP contribution in [-0.2, 0) is 43.5 Å². The highest BCUT2D eigenvalue weighted by atomic mass is 19.3. The van der Waals surface area contributed by atoms with Gasteiger partial charge in [0.15, 0.2) is 12.4 Å². The number of halogens is 2. The van der Waals surface area contributed by atoms with Gasteiger partial charge in [0.2, 0.25) is 0 Å². The van der Waals surface area contributed by atoms with E-state index in [2.05, 4.69) is 0 Å². The van der Waals surface area contributed by atoms with Crippen molar-refractivity contribution in [1.82, 2.24) is 0 Å². The lowest BCUT2D eigenvalue weighted by Crippen LogP contribution is -2.62. The molecule has 0 N–H and O–H groups in total. The quantitative estimate of drug-likeness (QED) is 0.366. The molecule has 35 heavy (non-hydrogen) atoms. The molecule has 3 aromatic carbocycles. The highest BCUT2D eigenvalue weighted by molar-refractivity contribution is 5.15. The Kier molecular flexibility index (Phi) is 9.34. The summed E-state index contributed by atoms with van der Waals surface area (Å²) in [5.74, 6) is 0. The summed E-state index contributed by atoms with van der Waals surface area (Å²) >= 11 is 0. The summed E-state index contributed by atoms with van der Waals surface area (Å²) in [7, 11) is 1.41. The zero-order chi connectivity index (χ0) is 24.5. The van der Waals surface area contributed by atoms with Gasteiger partial charge in [-0.1, -0.05) is 91.0 Å². The Morgan fingerprint density at radius 3 is 1.43 bits per heavy atom. The van der Waals surface area contributed by atoms with Crippen LogP contribution in [0.15, 0.2) is 91.0 Å². The molecule has 1 aliphatic heterocycles. The number of hydrogen-bond donors (Lipinski definition) is 0. The van der Waals surface area contributed by atoms with E-state index in [1.807, 2.05) is 91.0 Å². The molecule has 0 amide bonds. The van der Waals surface area contributed by atoms with Gasteiger partial charge in [0, 0.05) is 7.11 Å². The first kappa shape index (κ1) is 25.4. The molecule has 1 heterocycles. The molecule has 1 fully saturated rings. The lowest BCUT2D eigenvalue weighted by atomic mass is 9.97. The highest BCUT2D eigenvalue weighted by Crippen LogP contribution is 2.33. The predicted molar refractivity (Wildman–Crippen MR) is 127 cm³/mol. The summed E-state index contributed by atoms with van der Waals surface area (Å²) in [6, 6.07) is 28.5. The van der Waals surface area contributed by atoms with Crippen LogP contribution in [-0.4, -0.2) is 44.2 Å². The molecule has 3 aromatic rings. The van der Waals surface area contributed by atoms with Crippen LogP contribution in [0.1, 0.15) is 16.7 Å². The van der Waals surface area contributed by atoms with Crippen molar-refractivity contribution in [3.05, 3.63) is 108 Å². The number of rotatable bonds is 11. The van der Waals surface area contributed by atoms with Gasteiger partial charge in [0.1, 0.15) is 18.3 Å². The first-order valence-corrected chi connectivity index (χ1v) is 11.6. The third kappa shape index (κ3) is 6.93. The van der Waals surface area contributed by atoms with E-state index >= 15 is 0 Å². The van der Waals surface area contributed by atoms with E-state index < -0.39 is 37.1 Å². The topological polar surface area (TPSA) is 46.2 Å². The molecule has 5 nitrogen and oxygen atoms in total. The molecule has 186 valence electrons. The average molecular weight is 485 g/mol. The SMILES string of the molecule is CO[C@H]1O[C@H](C(F)F)[C@@H](OCc2ccccc2)[C@H](OCc2ccccc2)[C@@H]1OCc1ccccc1. The molecule has 7 heteroatoms. The molecule has 0 radical (unpaired) electrons. The van der Waals surface area contributed by atoms with Crippen LogP contribution in [0.2, 0.25) is 0 Å². The summed E-state index contributed by atoms with van der Waals surface area (Å²) in [4.78, 5) is 0. The van der Waals surface area contributed by atoms with Gasteiger partial charge >= 0.3 is 0 Å². The van der Waals surface area contributed by atoms with E-state index in [-0.39, 0.29) is 19.8 Å². The van der Waals surface area contributed by atoms with Gasteiger partial charge < -0.3 is 23.7 Å². The number of benzene rings is 3. The summed E-state index contributed by atoms with van der Waals surface area (Å²) in [6.07, 6.45) is -8.12. The van der Waals surface area contributed by atoms with Crippen molar-refractivity contribution in [2.24, 2.45) is 0 Å². The molecule has 1 aliphatic rings. The summed E-state index contributed by atoms with van der Waals surface area (Å²) in [6.45, 7) is 0.575. The second-order valence-electron chi connectivity index (χ2n) is 8.32. The fourth-order valence-electron chi connectivity index (χ4n) is 4.08. The summed E-state index contributed by atoms with van der Waals surface area (Å²) in [5, 5.41) is 0. The van der Waals surface area contributed by atoms with Crippen LogP contribution in [0.25, 0.3) is 0 Å². The molecule has 4 rings (SSSR count). The molecular formula is C28H30F2O5. The maximum atomic E-state index is 14.2. The van der Waals surface area contributed by atoms with E-state index in [4.69, 9.17) is 23.7 Å². The van der Waals surface area contributed by atoms with Crippen molar-refractivity contribution in [3.8, 4) is 0 Å². The number of hydrogen-bond acceptors (Lipinski definition) is 5. The van der Waals surface area contributed by atoms with Gasteiger partial charge in [-0.2, -0.15) is 0 Å². The van der Waals surface area contributed by atoms with Crippen molar-refractivity contribution in [1.29, 1.82) is 0 Å². The molecule has 0 bridgehead atoms. The first-order valence-electron chi connectivity index (χ1n) is 11.6. The van der Waals surface area contributed by atoms with E-state index in [0.717, 1.165) is 16.7 Å². The third-order valence-corrected chi connectivity index (χ3v) is 5.87. The molecular weight excluding hydrogens is 454 g/mol. The van der Waals surface area contributed by atoms with Crippen LogP contribution in [0.4, 0.5) is 8.78 Å². The molecule has 0 saturated carbocycles. The zero-order valence-electron chi connectivity index (χ0n) is 19.5. The number of alkyl halides is 2. The van der Waals surface area contributed by atoms with Gasteiger partial charge in [-0.3, -0.25) is 0 Å². The van der Waals surface area contributed by atoms with Gasteiger partial charge in [0.25, 0.3) is 6.43 Å². The van der Waals surface area contributed by atoms with Gasteiger partial charge in [-0.15, -0.1) is 0 Å². The van der Waals surface area contributed by atoms with Crippen molar-refractivity contribution < 1.29 is 32.5 Å². The predicted octanol–water partition coefficient (Wildman–Crippen LogP) is 5.38. The maximum Gasteiger partial charge on any atom is 0.267 e. The Labute approximate surface area is 204 Å². The minimum atomic E-state index is -2.80. The van der Waals surface area contributed by atoms with E-state index in [1.165, 1.54) is 7.11 Å². The van der Waals surface area contributed by atoms with Crippen molar-refractivity contribution in [3.63, 3.8) is 0 Å². The normalized spacial score (nSPS) is 24.5. The van der Waals surface area contributed by atoms with Crippen molar-refractivity contribution in [2.75, 3.05) is 7.11 Å². The second kappa shape index (κ2) is 12.9. The van der Waals surface area contributed by atoms with Crippen molar-refractivity contribution >= 4 is 0 Å². The van der Waals surface area contributed by atoms with Gasteiger partial charge in [-0.25, -0.2) is 8.78 Å². The summed E-state index contributed by atoms with van der Waals surface area (Å²) < 4.78 is 57.9. The largest absolute Gasteiger partial charge is 0.368 e. The summed E-state index contributed by atoms with van der Waals surface area (Å²) in [5.41, 5.74) is 2.70. The molecule has 0 spiro atoms. The minimum absolute atomic E-state index is 0.131. The third-order valence-electron chi connectivity index (χ3n) is 5.87. The smallest absolute Gasteiger partial charge is 0.267 e. The Morgan fingerprint density at radius 2 is 1.03 bits per heavy atom. The van der Waals surface area contributed by atoms with Crippen LogP contribution >= 0.6 is 0 Å². The van der Waals surface area contributed by atoms with Gasteiger partial charge in [0.05, 0.1) is 19.8 Å². The van der Waals surface area contributed by atoms with Crippen LogP contribution < -0.4 is 0 Å². The van der Waals surface area contributed by atoms with E-state index in [0.29, 0.717) is 0 Å². The molecule has 1 saturated heterocycles. The first-order chi connectivity index (χ1) is 17.2. The average Bonchev–Trinajstić information content (AvgIpc) is 2.91. The fourth-order valence-corrected chi connectivity index (χ4v) is 4.08. The lowest BCUT2D eigenvalue weighted by Gasteiger charge is -2.45. The van der Waals surface area contributed by atoms with Crippen LogP contribution in [0.3, 0.4) is 0 Å². The second-order valence-corrected chi connectivity index (χ2v) is 8.32. The molecule has 0 unspecified atom stereocenters. The number of methoxy groups -OCH3 is 1. The van der Waals surface area contributed by atoms with E-state index in [1.54, 1.807) is 0 Å². The maximum absolute atomic E-state index is 14.2. The van der Waals surface area contributed by atoms with Crippen LogP contribution in [0.5, 0.6) is 0 Å². The Bertz CT molecular complexity index is 990. The Hall–Kier alpha value is -2.68. The molecule has 0 aromatic heterocycles. The lowest BCUT2D eigenvalue weighted by molar-refractivity contribution is -0.332. The van der Waals surface area contributed by atoms with Crippen molar-refractivity contribution in [2.45, 2.75) is 57.0 Å². The van der Waals surface area contributed by atoms with Gasteiger partial charge in [-0.05, 0) is 16.7 Å². The highest BCUT2D eigenvalue weighted by Gasteiger charge is 2.51.